The van der Waals surface area contributed by atoms with Crippen molar-refractivity contribution in [3.8, 4) is 0 Å². The number of hydrogen-bond donors (Lipinski definition) is 2. The van der Waals surface area contributed by atoms with Gasteiger partial charge >= 0.3 is 5.97 Å². The fourth-order valence-corrected chi connectivity index (χ4v) is 3.57. The maximum atomic E-state index is 12.4. The van der Waals surface area contributed by atoms with Crippen LogP contribution in [0, 0.1) is 23.7 Å². The Balaban J connectivity index is 2.98. The van der Waals surface area contributed by atoms with Crippen LogP contribution in [-0.4, -0.2) is 36.7 Å². The minimum Gasteiger partial charge on any atom is -0.469 e. The second kappa shape index (κ2) is 11.3. The number of carbonyl (C=O) groups excluding carboxylic acids is 2. The maximum absolute atomic E-state index is 12.4. The fraction of sp³-hybridized carbons (Fsp3) is 0.800. The zero-order valence-corrected chi connectivity index (χ0v) is 16.2. The summed E-state index contributed by atoms with van der Waals surface area (Å²) in [7, 11) is 1.40. The molecule has 0 fully saturated rings. The summed E-state index contributed by atoms with van der Waals surface area (Å²) in [5.41, 5.74) is 0. The van der Waals surface area contributed by atoms with Crippen LogP contribution in [0.2, 0.25) is 0 Å². The third-order valence-electron chi connectivity index (χ3n) is 5.50. The summed E-state index contributed by atoms with van der Waals surface area (Å²) in [6, 6.07) is 0. The number of allylic oxidation sites excluding steroid dienone is 1. The van der Waals surface area contributed by atoms with Crippen LogP contribution in [0.3, 0.4) is 0 Å². The summed E-state index contributed by atoms with van der Waals surface area (Å²) in [5, 5.41) is 13.4. The molecule has 0 saturated carbocycles. The Kier molecular flexibility index (Phi) is 9.79. The molecule has 1 rings (SSSR count). The molecule has 5 nitrogen and oxygen atoms in total. The van der Waals surface area contributed by atoms with Gasteiger partial charge in [0.25, 0.3) is 0 Å². The first-order valence-electron chi connectivity index (χ1n) is 9.66. The van der Waals surface area contributed by atoms with Gasteiger partial charge in [-0.3, -0.25) is 9.59 Å². The van der Waals surface area contributed by atoms with Gasteiger partial charge in [-0.25, -0.2) is 0 Å². The highest BCUT2D eigenvalue weighted by atomic mass is 16.5. The highest BCUT2D eigenvalue weighted by Crippen LogP contribution is 2.26. The fourth-order valence-electron chi connectivity index (χ4n) is 3.57. The van der Waals surface area contributed by atoms with E-state index in [1.807, 2.05) is 26.0 Å². The number of carbonyl (C=O) groups is 2. The summed E-state index contributed by atoms with van der Waals surface area (Å²) in [6.45, 7) is 6.68. The SMILES string of the molecule is CC[C@@H]1CC[C@@H](C(=O)OC)[C@H](C)/C=C/[C@@H](O)[C@H](CC)CCCNC1=O. The number of aliphatic hydroxyl groups excluding tert-OH is 1. The molecule has 0 aromatic carbocycles. The van der Waals surface area contributed by atoms with Crippen molar-refractivity contribution in [1.82, 2.24) is 5.32 Å². The molecule has 1 aliphatic heterocycles. The normalized spacial score (nSPS) is 33.8. The van der Waals surface area contributed by atoms with E-state index in [9.17, 15) is 14.7 Å². The summed E-state index contributed by atoms with van der Waals surface area (Å²) < 4.78 is 4.96. The molecule has 5 heteroatoms. The standard InChI is InChI=1S/C20H35NO4/c1-5-15-8-7-13-21-19(23)16(6-2)10-11-17(20(24)25-4)14(3)9-12-18(15)22/h9,12,14-18,22H,5-8,10-11,13H2,1-4H3,(H,21,23)/b12-9+/t14-,15-,16-,17-,18-/m1/s1. The van der Waals surface area contributed by atoms with Crippen molar-refractivity contribution in [3.05, 3.63) is 12.2 Å². The van der Waals surface area contributed by atoms with E-state index in [0.717, 1.165) is 25.7 Å². The topological polar surface area (TPSA) is 75.6 Å². The molecule has 0 aromatic heterocycles. The number of aliphatic hydroxyl groups is 1. The van der Waals surface area contributed by atoms with Gasteiger partial charge in [0.05, 0.1) is 19.1 Å². The Bertz CT molecular complexity index is 449. The van der Waals surface area contributed by atoms with Gasteiger partial charge in [-0.05, 0) is 43.9 Å². The van der Waals surface area contributed by atoms with E-state index in [0.29, 0.717) is 19.4 Å². The molecule has 1 heterocycles. The Morgan fingerprint density at radius 3 is 2.56 bits per heavy atom. The Hall–Kier alpha value is -1.36. The molecule has 0 spiro atoms. The van der Waals surface area contributed by atoms with Crippen molar-refractivity contribution in [2.75, 3.05) is 13.7 Å². The van der Waals surface area contributed by atoms with Crippen LogP contribution in [-0.2, 0) is 14.3 Å². The lowest BCUT2D eigenvalue weighted by molar-refractivity contribution is -0.147. The zero-order valence-electron chi connectivity index (χ0n) is 16.2. The van der Waals surface area contributed by atoms with Crippen LogP contribution in [0.4, 0.5) is 0 Å². The van der Waals surface area contributed by atoms with Crippen LogP contribution in [0.15, 0.2) is 12.2 Å². The second-order valence-corrected chi connectivity index (χ2v) is 7.15. The predicted molar refractivity (Wildman–Crippen MR) is 98.9 cm³/mol. The molecule has 1 aliphatic rings. The number of amides is 1. The highest BCUT2D eigenvalue weighted by Gasteiger charge is 2.27. The third kappa shape index (κ3) is 6.81. The lowest BCUT2D eigenvalue weighted by Gasteiger charge is -2.24. The largest absolute Gasteiger partial charge is 0.469 e. The second-order valence-electron chi connectivity index (χ2n) is 7.15. The molecule has 2 N–H and O–H groups in total. The molecule has 0 unspecified atom stereocenters. The highest BCUT2D eigenvalue weighted by molar-refractivity contribution is 5.78. The third-order valence-corrected chi connectivity index (χ3v) is 5.50. The molecule has 25 heavy (non-hydrogen) atoms. The van der Waals surface area contributed by atoms with E-state index in [1.54, 1.807) is 0 Å². The molecule has 0 radical (unpaired) electrons. The average Bonchev–Trinajstić information content (AvgIpc) is 2.61. The number of ether oxygens (including phenoxy) is 1. The lowest BCUT2D eigenvalue weighted by Crippen LogP contribution is -2.33. The van der Waals surface area contributed by atoms with E-state index in [2.05, 4.69) is 12.2 Å². The molecule has 0 saturated heterocycles. The molecule has 0 aromatic rings. The Morgan fingerprint density at radius 2 is 1.96 bits per heavy atom. The molecule has 0 bridgehead atoms. The van der Waals surface area contributed by atoms with Gasteiger partial charge in [0.1, 0.15) is 0 Å². The first-order chi connectivity index (χ1) is 11.9. The zero-order chi connectivity index (χ0) is 18.8. The van der Waals surface area contributed by atoms with E-state index in [4.69, 9.17) is 4.74 Å². The number of hydrogen-bond acceptors (Lipinski definition) is 4. The minimum atomic E-state index is -0.521. The van der Waals surface area contributed by atoms with Crippen molar-refractivity contribution in [1.29, 1.82) is 0 Å². The molecule has 5 atom stereocenters. The van der Waals surface area contributed by atoms with Crippen molar-refractivity contribution >= 4 is 11.9 Å². The van der Waals surface area contributed by atoms with Crippen molar-refractivity contribution in [3.63, 3.8) is 0 Å². The molecular formula is C20H35NO4. The monoisotopic (exact) mass is 353 g/mol. The molecule has 1 amide bonds. The van der Waals surface area contributed by atoms with E-state index in [-0.39, 0.29) is 35.5 Å². The van der Waals surface area contributed by atoms with Gasteiger partial charge in [-0.1, -0.05) is 39.3 Å². The van der Waals surface area contributed by atoms with Crippen LogP contribution in [0.25, 0.3) is 0 Å². The quantitative estimate of drug-likeness (QED) is 0.604. The van der Waals surface area contributed by atoms with E-state index < -0.39 is 6.10 Å². The van der Waals surface area contributed by atoms with Crippen LogP contribution in [0.5, 0.6) is 0 Å². The summed E-state index contributed by atoms with van der Waals surface area (Å²) in [4.78, 5) is 24.5. The molecule has 144 valence electrons. The summed E-state index contributed by atoms with van der Waals surface area (Å²) >= 11 is 0. The van der Waals surface area contributed by atoms with Crippen molar-refractivity contribution in [2.24, 2.45) is 23.7 Å². The maximum Gasteiger partial charge on any atom is 0.309 e. The first-order valence-corrected chi connectivity index (χ1v) is 9.66. The van der Waals surface area contributed by atoms with Crippen LogP contribution < -0.4 is 5.32 Å². The van der Waals surface area contributed by atoms with Crippen molar-refractivity contribution < 1.29 is 19.4 Å². The van der Waals surface area contributed by atoms with Gasteiger partial charge in [0.2, 0.25) is 5.91 Å². The lowest BCUT2D eigenvalue weighted by atomic mass is 9.84. The van der Waals surface area contributed by atoms with Crippen molar-refractivity contribution in [2.45, 2.75) is 65.4 Å². The minimum absolute atomic E-state index is 0.0388. The van der Waals surface area contributed by atoms with Gasteiger partial charge in [0, 0.05) is 12.5 Å². The molecule has 0 aliphatic carbocycles. The Labute approximate surface area is 152 Å². The van der Waals surface area contributed by atoms with Gasteiger partial charge < -0.3 is 15.2 Å². The number of rotatable bonds is 3. The van der Waals surface area contributed by atoms with Gasteiger partial charge in [-0.2, -0.15) is 0 Å². The Morgan fingerprint density at radius 1 is 1.24 bits per heavy atom. The number of nitrogens with one attached hydrogen (secondary N) is 1. The van der Waals surface area contributed by atoms with E-state index in [1.165, 1.54) is 7.11 Å². The summed E-state index contributed by atoms with van der Waals surface area (Å²) in [6.07, 6.45) is 7.90. The number of esters is 1. The average molecular weight is 354 g/mol. The first kappa shape index (κ1) is 21.7. The van der Waals surface area contributed by atoms with Crippen LogP contribution in [0.1, 0.15) is 59.3 Å². The molecular weight excluding hydrogens is 318 g/mol. The summed E-state index contributed by atoms with van der Waals surface area (Å²) in [5.74, 6) is -0.414. The predicted octanol–water partition coefficient (Wildman–Crippen LogP) is 3.07. The number of methoxy groups -OCH3 is 1. The van der Waals surface area contributed by atoms with E-state index >= 15 is 0 Å². The van der Waals surface area contributed by atoms with Gasteiger partial charge in [0.15, 0.2) is 0 Å². The van der Waals surface area contributed by atoms with Crippen LogP contribution >= 0.6 is 0 Å². The van der Waals surface area contributed by atoms with Gasteiger partial charge in [-0.15, -0.1) is 0 Å². The smallest absolute Gasteiger partial charge is 0.309 e.